The quantitative estimate of drug-likeness (QED) is 0.309. The standard InChI is InChI=1S/C25H44O/c1-3-20-11-13-22(20)17-24-15-16-25(24)18-23-14-12-21(23)10-8-6-4-5-7-9-19(2)26/h20-25H,3-18H2,1-2H3/t20?,21-,22-,23?,24?,25-/m1/s1. The molecule has 0 saturated heterocycles. The molecule has 0 bridgehead atoms. The second-order valence-corrected chi connectivity index (χ2v) is 10.2. The van der Waals surface area contributed by atoms with Gasteiger partial charge in [-0.2, -0.15) is 0 Å². The van der Waals surface area contributed by atoms with Crippen LogP contribution in [0, 0.1) is 35.5 Å². The van der Waals surface area contributed by atoms with Gasteiger partial charge in [-0.15, -0.1) is 0 Å². The molecule has 0 aromatic carbocycles. The van der Waals surface area contributed by atoms with Gasteiger partial charge in [0.2, 0.25) is 0 Å². The number of hydrogen-bond acceptors (Lipinski definition) is 1. The summed E-state index contributed by atoms with van der Waals surface area (Å²) in [5.41, 5.74) is 0. The maximum Gasteiger partial charge on any atom is 0.129 e. The third kappa shape index (κ3) is 5.59. The maximum atomic E-state index is 11.0. The summed E-state index contributed by atoms with van der Waals surface area (Å²) in [4.78, 5) is 11.0. The van der Waals surface area contributed by atoms with Gasteiger partial charge in [0.05, 0.1) is 0 Å². The number of unbranched alkanes of at least 4 members (excludes halogenated alkanes) is 4. The number of carbonyl (C=O) groups excluding carboxylic acids is 1. The summed E-state index contributed by atoms with van der Waals surface area (Å²) in [6.45, 7) is 4.12. The fourth-order valence-electron chi connectivity index (χ4n) is 6.16. The van der Waals surface area contributed by atoms with Gasteiger partial charge in [-0.3, -0.25) is 0 Å². The van der Waals surface area contributed by atoms with E-state index in [4.69, 9.17) is 0 Å². The lowest BCUT2D eigenvalue weighted by Crippen LogP contribution is -2.37. The lowest BCUT2D eigenvalue weighted by atomic mass is 9.58. The molecule has 0 heterocycles. The fourth-order valence-corrected chi connectivity index (χ4v) is 6.16. The molecule has 0 amide bonds. The van der Waals surface area contributed by atoms with Crippen LogP contribution in [0.5, 0.6) is 0 Å². The van der Waals surface area contributed by atoms with Gasteiger partial charge in [0.1, 0.15) is 5.78 Å². The summed E-state index contributed by atoms with van der Waals surface area (Å²) in [5.74, 6) is 6.92. The molecular formula is C25H44O. The molecule has 0 radical (unpaired) electrons. The highest BCUT2D eigenvalue weighted by molar-refractivity contribution is 5.75. The second-order valence-electron chi connectivity index (χ2n) is 10.2. The van der Waals surface area contributed by atoms with E-state index in [0.29, 0.717) is 5.78 Å². The van der Waals surface area contributed by atoms with Gasteiger partial charge in [-0.1, -0.05) is 45.4 Å². The number of rotatable bonds is 13. The van der Waals surface area contributed by atoms with E-state index in [1.54, 1.807) is 39.0 Å². The van der Waals surface area contributed by atoms with Gasteiger partial charge in [-0.05, 0) is 100 Å². The van der Waals surface area contributed by atoms with Gasteiger partial charge >= 0.3 is 0 Å². The summed E-state index contributed by atoms with van der Waals surface area (Å²) >= 11 is 0. The number of carbonyl (C=O) groups is 1. The molecular weight excluding hydrogens is 316 g/mol. The van der Waals surface area contributed by atoms with Gasteiger partial charge in [-0.25, -0.2) is 0 Å². The van der Waals surface area contributed by atoms with Crippen molar-refractivity contribution in [2.24, 2.45) is 35.5 Å². The molecule has 3 aliphatic rings. The molecule has 3 fully saturated rings. The van der Waals surface area contributed by atoms with Crippen LogP contribution in [-0.2, 0) is 4.79 Å². The predicted molar refractivity (Wildman–Crippen MR) is 111 cm³/mol. The minimum atomic E-state index is 0.360. The largest absolute Gasteiger partial charge is 0.300 e. The van der Waals surface area contributed by atoms with Crippen LogP contribution in [0.15, 0.2) is 0 Å². The van der Waals surface area contributed by atoms with Crippen molar-refractivity contribution in [2.75, 3.05) is 0 Å². The van der Waals surface area contributed by atoms with Gasteiger partial charge in [0.25, 0.3) is 0 Å². The van der Waals surface area contributed by atoms with Crippen LogP contribution in [0.4, 0.5) is 0 Å². The SMILES string of the molecule is CCC1CC[C@@H]1CC1CC[C@@H]1CC1CC[C@H]1CCCCCCCC(C)=O. The molecule has 3 unspecified atom stereocenters. The average molecular weight is 361 g/mol. The lowest BCUT2D eigenvalue weighted by Gasteiger charge is -2.48. The van der Waals surface area contributed by atoms with Crippen molar-refractivity contribution >= 4 is 5.78 Å². The molecule has 3 aliphatic carbocycles. The van der Waals surface area contributed by atoms with Gasteiger partial charge < -0.3 is 4.79 Å². The van der Waals surface area contributed by atoms with Crippen LogP contribution in [-0.4, -0.2) is 5.78 Å². The van der Waals surface area contributed by atoms with E-state index >= 15 is 0 Å². The highest BCUT2D eigenvalue weighted by Gasteiger charge is 2.40. The lowest BCUT2D eigenvalue weighted by molar-refractivity contribution is -0.117. The summed E-state index contributed by atoms with van der Waals surface area (Å²) < 4.78 is 0. The first kappa shape index (κ1) is 20.4. The van der Waals surface area contributed by atoms with Crippen LogP contribution in [0.2, 0.25) is 0 Å². The summed E-state index contributed by atoms with van der Waals surface area (Å²) in [5, 5.41) is 0. The normalized spacial score (nSPS) is 36.1. The van der Waals surface area contributed by atoms with Crippen molar-refractivity contribution in [2.45, 2.75) is 117 Å². The third-order valence-electron chi connectivity index (χ3n) is 8.56. The Bertz CT molecular complexity index is 426. The van der Waals surface area contributed by atoms with Crippen molar-refractivity contribution in [3.8, 4) is 0 Å². The van der Waals surface area contributed by atoms with Crippen LogP contribution < -0.4 is 0 Å². The van der Waals surface area contributed by atoms with E-state index in [9.17, 15) is 4.79 Å². The third-order valence-corrected chi connectivity index (χ3v) is 8.56. The maximum absolute atomic E-state index is 11.0. The van der Waals surface area contributed by atoms with Crippen LogP contribution >= 0.6 is 0 Å². The molecule has 150 valence electrons. The van der Waals surface area contributed by atoms with Gasteiger partial charge in [0.15, 0.2) is 0 Å². The Balaban J connectivity index is 1.23. The van der Waals surface area contributed by atoms with Crippen LogP contribution in [0.25, 0.3) is 0 Å². The van der Waals surface area contributed by atoms with E-state index in [1.165, 1.54) is 57.8 Å². The summed E-state index contributed by atoms with van der Waals surface area (Å²) in [6.07, 6.45) is 22.7. The Morgan fingerprint density at radius 1 is 0.654 bits per heavy atom. The first-order valence-electron chi connectivity index (χ1n) is 12.2. The van der Waals surface area contributed by atoms with Crippen molar-refractivity contribution in [3.05, 3.63) is 0 Å². The topological polar surface area (TPSA) is 17.1 Å². The smallest absolute Gasteiger partial charge is 0.129 e. The Labute approximate surface area is 163 Å². The molecule has 1 heteroatoms. The first-order chi connectivity index (χ1) is 12.7. The number of hydrogen-bond donors (Lipinski definition) is 0. The summed E-state index contributed by atoms with van der Waals surface area (Å²) in [6, 6.07) is 0. The Kier molecular flexibility index (Phi) is 8.07. The minimum Gasteiger partial charge on any atom is -0.300 e. The zero-order valence-corrected chi connectivity index (χ0v) is 17.7. The highest BCUT2D eigenvalue weighted by atomic mass is 16.1. The second kappa shape index (κ2) is 10.3. The molecule has 0 N–H and O–H groups in total. The Morgan fingerprint density at radius 3 is 1.62 bits per heavy atom. The number of ketones is 1. The highest BCUT2D eigenvalue weighted by Crippen LogP contribution is 2.51. The molecule has 3 rings (SSSR count). The predicted octanol–water partition coefficient (Wildman–Crippen LogP) is 7.57. The van der Waals surface area contributed by atoms with Crippen molar-refractivity contribution in [1.29, 1.82) is 0 Å². The molecule has 26 heavy (non-hydrogen) atoms. The Hall–Kier alpha value is -0.330. The zero-order chi connectivity index (χ0) is 18.4. The van der Waals surface area contributed by atoms with Crippen molar-refractivity contribution in [3.63, 3.8) is 0 Å². The molecule has 0 spiro atoms. The van der Waals surface area contributed by atoms with E-state index < -0.39 is 0 Å². The van der Waals surface area contributed by atoms with E-state index in [2.05, 4.69) is 6.92 Å². The van der Waals surface area contributed by atoms with E-state index in [0.717, 1.165) is 48.3 Å². The molecule has 1 nitrogen and oxygen atoms in total. The van der Waals surface area contributed by atoms with Crippen molar-refractivity contribution in [1.82, 2.24) is 0 Å². The number of Topliss-reactive ketones (excluding diaryl/α,β-unsaturated/α-hetero) is 1. The molecule has 0 aromatic rings. The summed E-state index contributed by atoms with van der Waals surface area (Å²) in [7, 11) is 0. The van der Waals surface area contributed by atoms with E-state index in [1.807, 2.05) is 0 Å². The van der Waals surface area contributed by atoms with Gasteiger partial charge in [0, 0.05) is 6.42 Å². The average Bonchev–Trinajstić information content (AvgIpc) is 2.55. The fraction of sp³-hybridized carbons (Fsp3) is 0.960. The molecule has 3 saturated carbocycles. The zero-order valence-electron chi connectivity index (χ0n) is 17.7. The molecule has 6 atom stereocenters. The van der Waals surface area contributed by atoms with E-state index in [-0.39, 0.29) is 0 Å². The van der Waals surface area contributed by atoms with Crippen molar-refractivity contribution < 1.29 is 4.79 Å². The van der Waals surface area contributed by atoms with Crippen LogP contribution in [0.1, 0.15) is 117 Å². The Morgan fingerprint density at radius 2 is 1.12 bits per heavy atom. The molecule has 0 aliphatic heterocycles. The minimum absolute atomic E-state index is 0.360. The first-order valence-corrected chi connectivity index (χ1v) is 12.2. The van der Waals surface area contributed by atoms with Crippen LogP contribution in [0.3, 0.4) is 0 Å². The monoisotopic (exact) mass is 360 g/mol. The molecule has 0 aromatic heterocycles.